The molecule has 1 aliphatic rings. The van der Waals surface area contributed by atoms with Crippen LogP contribution in [0.25, 0.3) is 0 Å². The minimum Gasteiger partial charge on any atom is -0.317 e. The van der Waals surface area contributed by atoms with Crippen molar-refractivity contribution in [3.8, 4) is 0 Å². The standard InChI is InChI=1S/C15H32N2/c1-4-10-16-11-6-7-14(3)17-12-8-15(5-2)9-13-17/h14-16H,4-13H2,1-3H3. The third kappa shape index (κ3) is 5.87. The largest absolute Gasteiger partial charge is 0.317 e. The van der Waals surface area contributed by atoms with Crippen LogP contribution in [-0.2, 0) is 0 Å². The Bertz CT molecular complexity index is 174. The summed E-state index contributed by atoms with van der Waals surface area (Å²) in [6, 6.07) is 0.788. The van der Waals surface area contributed by atoms with Crippen LogP contribution in [-0.4, -0.2) is 37.1 Å². The van der Waals surface area contributed by atoms with E-state index in [4.69, 9.17) is 0 Å². The molecule has 1 fully saturated rings. The van der Waals surface area contributed by atoms with E-state index in [1.165, 1.54) is 64.7 Å². The van der Waals surface area contributed by atoms with Crippen molar-refractivity contribution in [3.63, 3.8) is 0 Å². The molecule has 1 N–H and O–H groups in total. The SMILES string of the molecule is CCCNCCCC(C)N1CCC(CC)CC1. The second-order valence-electron chi connectivity index (χ2n) is 5.63. The molecule has 1 rings (SSSR count). The maximum absolute atomic E-state index is 3.49. The summed E-state index contributed by atoms with van der Waals surface area (Å²) in [7, 11) is 0. The first-order valence-electron chi connectivity index (χ1n) is 7.72. The summed E-state index contributed by atoms with van der Waals surface area (Å²) in [6.45, 7) is 12.0. The molecule has 17 heavy (non-hydrogen) atoms. The first-order chi connectivity index (χ1) is 8.27. The Morgan fingerprint density at radius 3 is 2.47 bits per heavy atom. The molecular formula is C15H32N2. The number of rotatable bonds is 8. The lowest BCUT2D eigenvalue weighted by atomic mass is 9.93. The highest BCUT2D eigenvalue weighted by molar-refractivity contribution is 4.75. The normalized spacial score (nSPS) is 20.6. The van der Waals surface area contributed by atoms with E-state index < -0.39 is 0 Å². The minimum absolute atomic E-state index is 0.788. The van der Waals surface area contributed by atoms with E-state index in [9.17, 15) is 0 Å². The van der Waals surface area contributed by atoms with Crippen LogP contribution in [0.4, 0.5) is 0 Å². The Kier molecular flexibility index (Phi) is 7.87. The molecule has 1 saturated heterocycles. The molecule has 0 aromatic rings. The van der Waals surface area contributed by atoms with Crippen molar-refractivity contribution in [1.29, 1.82) is 0 Å². The fourth-order valence-electron chi connectivity index (χ4n) is 2.81. The summed E-state index contributed by atoms with van der Waals surface area (Å²) in [5, 5.41) is 3.49. The van der Waals surface area contributed by atoms with E-state index in [2.05, 4.69) is 31.0 Å². The van der Waals surface area contributed by atoms with Crippen molar-refractivity contribution in [3.05, 3.63) is 0 Å². The molecule has 0 aromatic heterocycles. The molecule has 0 aromatic carbocycles. The molecule has 2 nitrogen and oxygen atoms in total. The smallest absolute Gasteiger partial charge is 0.00674 e. The van der Waals surface area contributed by atoms with Gasteiger partial charge in [-0.1, -0.05) is 20.3 Å². The van der Waals surface area contributed by atoms with E-state index in [-0.39, 0.29) is 0 Å². The molecular weight excluding hydrogens is 208 g/mol. The predicted molar refractivity (Wildman–Crippen MR) is 76.4 cm³/mol. The van der Waals surface area contributed by atoms with E-state index in [1.54, 1.807) is 0 Å². The van der Waals surface area contributed by atoms with Gasteiger partial charge >= 0.3 is 0 Å². The maximum Gasteiger partial charge on any atom is 0.00674 e. The monoisotopic (exact) mass is 240 g/mol. The summed E-state index contributed by atoms with van der Waals surface area (Å²) in [4.78, 5) is 2.70. The van der Waals surface area contributed by atoms with Crippen molar-refractivity contribution in [2.75, 3.05) is 26.2 Å². The molecule has 0 saturated carbocycles. The van der Waals surface area contributed by atoms with Crippen LogP contribution < -0.4 is 5.32 Å². The molecule has 102 valence electrons. The highest BCUT2D eigenvalue weighted by atomic mass is 15.2. The van der Waals surface area contributed by atoms with Gasteiger partial charge in [-0.2, -0.15) is 0 Å². The fourth-order valence-corrected chi connectivity index (χ4v) is 2.81. The molecule has 1 aliphatic heterocycles. The van der Waals surface area contributed by atoms with Crippen molar-refractivity contribution in [1.82, 2.24) is 10.2 Å². The molecule has 2 heteroatoms. The average Bonchev–Trinajstić information content (AvgIpc) is 2.38. The van der Waals surface area contributed by atoms with Gasteiger partial charge in [-0.3, -0.25) is 0 Å². The zero-order valence-corrected chi connectivity index (χ0v) is 12.2. The third-order valence-electron chi connectivity index (χ3n) is 4.25. The lowest BCUT2D eigenvalue weighted by Gasteiger charge is -2.35. The number of nitrogens with one attached hydrogen (secondary N) is 1. The number of nitrogens with zero attached hydrogens (tertiary/aromatic N) is 1. The van der Waals surface area contributed by atoms with Crippen molar-refractivity contribution in [2.24, 2.45) is 5.92 Å². The second kappa shape index (κ2) is 8.93. The third-order valence-corrected chi connectivity index (χ3v) is 4.25. The van der Waals surface area contributed by atoms with E-state index in [0.717, 1.165) is 12.0 Å². The Morgan fingerprint density at radius 2 is 1.88 bits per heavy atom. The molecule has 0 amide bonds. The summed E-state index contributed by atoms with van der Waals surface area (Å²) < 4.78 is 0. The summed E-state index contributed by atoms with van der Waals surface area (Å²) in [5.74, 6) is 1.00. The molecule has 1 heterocycles. The van der Waals surface area contributed by atoms with Crippen LogP contribution in [0.3, 0.4) is 0 Å². The summed E-state index contributed by atoms with van der Waals surface area (Å²) in [6.07, 6.45) is 8.16. The second-order valence-corrected chi connectivity index (χ2v) is 5.63. The lowest BCUT2D eigenvalue weighted by molar-refractivity contribution is 0.132. The zero-order valence-electron chi connectivity index (χ0n) is 12.2. The van der Waals surface area contributed by atoms with Gasteiger partial charge < -0.3 is 10.2 Å². The maximum atomic E-state index is 3.49. The van der Waals surface area contributed by atoms with Crippen molar-refractivity contribution >= 4 is 0 Å². The van der Waals surface area contributed by atoms with Crippen LogP contribution in [0.15, 0.2) is 0 Å². The van der Waals surface area contributed by atoms with Crippen molar-refractivity contribution < 1.29 is 0 Å². The van der Waals surface area contributed by atoms with E-state index in [0.29, 0.717) is 0 Å². The number of likely N-dealkylation sites (tertiary alicyclic amines) is 1. The van der Waals surface area contributed by atoms with Gasteiger partial charge in [0.2, 0.25) is 0 Å². The minimum atomic E-state index is 0.788. The molecule has 0 radical (unpaired) electrons. The number of hydrogen-bond donors (Lipinski definition) is 1. The molecule has 0 aliphatic carbocycles. The first-order valence-corrected chi connectivity index (χ1v) is 7.72. The van der Waals surface area contributed by atoms with Crippen LogP contribution in [0.5, 0.6) is 0 Å². The quantitative estimate of drug-likeness (QED) is 0.655. The van der Waals surface area contributed by atoms with E-state index >= 15 is 0 Å². The molecule has 0 bridgehead atoms. The van der Waals surface area contributed by atoms with Crippen LogP contribution in [0.1, 0.15) is 59.3 Å². The Hall–Kier alpha value is -0.0800. The molecule has 0 spiro atoms. The Balaban J connectivity index is 2.05. The van der Waals surface area contributed by atoms with Gasteiger partial charge in [-0.25, -0.2) is 0 Å². The van der Waals surface area contributed by atoms with Crippen LogP contribution >= 0.6 is 0 Å². The first kappa shape index (κ1) is 15.0. The lowest BCUT2D eigenvalue weighted by Crippen LogP contribution is -2.40. The zero-order chi connectivity index (χ0) is 12.5. The van der Waals surface area contributed by atoms with Crippen molar-refractivity contribution in [2.45, 2.75) is 65.3 Å². The van der Waals surface area contributed by atoms with Gasteiger partial charge in [-0.05, 0) is 71.1 Å². The van der Waals surface area contributed by atoms with Gasteiger partial charge in [0.25, 0.3) is 0 Å². The highest BCUT2D eigenvalue weighted by Gasteiger charge is 2.21. The number of hydrogen-bond acceptors (Lipinski definition) is 2. The average molecular weight is 240 g/mol. The summed E-state index contributed by atoms with van der Waals surface area (Å²) in [5.41, 5.74) is 0. The Morgan fingerprint density at radius 1 is 1.18 bits per heavy atom. The number of piperidine rings is 1. The molecule has 1 unspecified atom stereocenters. The fraction of sp³-hybridized carbons (Fsp3) is 1.00. The van der Waals surface area contributed by atoms with Gasteiger partial charge in [0.15, 0.2) is 0 Å². The topological polar surface area (TPSA) is 15.3 Å². The summed E-state index contributed by atoms with van der Waals surface area (Å²) >= 11 is 0. The molecule has 1 atom stereocenters. The highest BCUT2D eigenvalue weighted by Crippen LogP contribution is 2.22. The van der Waals surface area contributed by atoms with Gasteiger partial charge in [0, 0.05) is 6.04 Å². The van der Waals surface area contributed by atoms with Crippen LogP contribution in [0, 0.1) is 5.92 Å². The van der Waals surface area contributed by atoms with E-state index in [1.807, 2.05) is 0 Å². The van der Waals surface area contributed by atoms with Crippen LogP contribution in [0.2, 0.25) is 0 Å². The van der Waals surface area contributed by atoms with Gasteiger partial charge in [0.1, 0.15) is 0 Å². The Labute approximate surface area is 108 Å². The predicted octanol–water partition coefficient (Wildman–Crippen LogP) is 3.28. The van der Waals surface area contributed by atoms with Gasteiger partial charge in [0.05, 0.1) is 0 Å². The van der Waals surface area contributed by atoms with Gasteiger partial charge in [-0.15, -0.1) is 0 Å².